The van der Waals surface area contributed by atoms with Gasteiger partial charge in [-0.05, 0) is 37.0 Å². The number of nitrogens with zero attached hydrogens (tertiary/aromatic N) is 1. The van der Waals surface area contributed by atoms with Crippen molar-refractivity contribution in [1.29, 1.82) is 0 Å². The van der Waals surface area contributed by atoms with E-state index in [0.29, 0.717) is 18.2 Å². The maximum Gasteiger partial charge on any atom is 0.223 e. The second-order valence-corrected chi connectivity index (χ2v) is 6.27. The van der Waals surface area contributed by atoms with Crippen LogP contribution in [0.5, 0.6) is 17.4 Å². The first-order chi connectivity index (χ1) is 12.1. The maximum absolute atomic E-state index is 12.1. The van der Waals surface area contributed by atoms with Crippen molar-refractivity contribution < 1.29 is 14.3 Å². The van der Waals surface area contributed by atoms with Crippen molar-refractivity contribution in [2.45, 2.75) is 31.8 Å². The molecule has 2 aromatic rings. The minimum absolute atomic E-state index is 0.0404. The fourth-order valence-electron chi connectivity index (χ4n) is 2.95. The average molecular weight is 341 g/mol. The molecule has 2 unspecified atom stereocenters. The Balaban J connectivity index is 1.52. The molecule has 1 aliphatic rings. The second-order valence-electron chi connectivity index (χ2n) is 6.27. The first kappa shape index (κ1) is 17.2. The van der Waals surface area contributed by atoms with Gasteiger partial charge in [0.25, 0.3) is 0 Å². The van der Waals surface area contributed by atoms with Crippen LogP contribution in [-0.4, -0.2) is 24.0 Å². The van der Waals surface area contributed by atoms with E-state index >= 15 is 0 Å². The molecule has 2 atom stereocenters. The molecule has 6 nitrogen and oxygen atoms in total. The van der Waals surface area contributed by atoms with E-state index < -0.39 is 0 Å². The van der Waals surface area contributed by atoms with Crippen LogP contribution >= 0.6 is 0 Å². The Bertz CT molecular complexity index is 718. The summed E-state index contributed by atoms with van der Waals surface area (Å²) in [6.45, 7) is 0.455. The third-order valence-corrected chi connectivity index (χ3v) is 4.37. The summed E-state index contributed by atoms with van der Waals surface area (Å²) in [5, 5.41) is 2.95. The van der Waals surface area contributed by atoms with Gasteiger partial charge in [-0.2, -0.15) is 0 Å². The molecule has 0 saturated heterocycles. The Hall–Kier alpha value is -2.60. The van der Waals surface area contributed by atoms with E-state index in [0.717, 1.165) is 30.6 Å². The monoisotopic (exact) mass is 341 g/mol. The molecule has 3 N–H and O–H groups in total. The van der Waals surface area contributed by atoms with Crippen molar-refractivity contribution in [2.75, 3.05) is 7.11 Å². The van der Waals surface area contributed by atoms with Crippen LogP contribution in [0.4, 0.5) is 0 Å². The highest BCUT2D eigenvalue weighted by atomic mass is 16.5. The molecule has 6 heteroatoms. The number of aromatic nitrogens is 1. The Morgan fingerprint density at radius 3 is 2.80 bits per heavy atom. The molecule has 0 bridgehead atoms. The van der Waals surface area contributed by atoms with Gasteiger partial charge in [-0.15, -0.1) is 0 Å². The molecule has 1 heterocycles. The van der Waals surface area contributed by atoms with E-state index in [-0.39, 0.29) is 17.9 Å². The van der Waals surface area contributed by atoms with Gasteiger partial charge in [0.2, 0.25) is 11.8 Å². The summed E-state index contributed by atoms with van der Waals surface area (Å²) < 4.78 is 10.9. The Labute approximate surface area is 147 Å². The summed E-state index contributed by atoms with van der Waals surface area (Å²) >= 11 is 0. The molecule has 0 spiro atoms. The Morgan fingerprint density at radius 2 is 2.12 bits per heavy atom. The zero-order valence-corrected chi connectivity index (χ0v) is 14.3. The predicted molar refractivity (Wildman–Crippen MR) is 94.5 cm³/mol. The van der Waals surface area contributed by atoms with E-state index in [1.54, 1.807) is 25.4 Å². The predicted octanol–water partition coefficient (Wildman–Crippen LogP) is 2.63. The molecule has 1 aromatic heterocycles. The normalized spacial score (nSPS) is 19.4. The van der Waals surface area contributed by atoms with Gasteiger partial charge in [-0.1, -0.05) is 12.1 Å². The van der Waals surface area contributed by atoms with Crippen molar-refractivity contribution in [2.24, 2.45) is 11.7 Å². The van der Waals surface area contributed by atoms with Crippen molar-refractivity contribution in [3.8, 4) is 17.4 Å². The minimum atomic E-state index is 0.0404. The van der Waals surface area contributed by atoms with Crippen LogP contribution in [0.25, 0.3) is 0 Å². The first-order valence-corrected chi connectivity index (χ1v) is 8.44. The second kappa shape index (κ2) is 7.98. The minimum Gasteiger partial charge on any atom is -0.497 e. The number of ether oxygens (including phenoxy) is 2. The summed E-state index contributed by atoms with van der Waals surface area (Å²) in [6.07, 6.45) is 4.28. The molecule has 1 aliphatic carbocycles. The van der Waals surface area contributed by atoms with Crippen LogP contribution in [0.3, 0.4) is 0 Å². The summed E-state index contributed by atoms with van der Waals surface area (Å²) in [4.78, 5) is 16.4. The third kappa shape index (κ3) is 4.70. The quantitative estimate of drug-likeness (QED) is 0.843. The van der Waals surface area contributed by atoms with Gasteiger partial charge in [-0.25, -0.2) is 4.98 Å². The van der Waals surface area contributed by atoms with Crippen molar-refractivity contribution >= 4 is 5.91 Å². The van der Waals surface area contributed by atoms with Gasteiger partial charge in [0.15, 0.2) is 0 Å². The molecular weight excluding hydrogens is 318 g/mol. The van der Waals surface area contributed by atoms with Crippen molar-refractivity contribution in [3.63, 3.8) is 0 Å². The number of hydrogen-bond acceptors (Lipinski definition) is 5. The molecule has 3 rings (SSSR count). The van der Waals surface area contributed by atoms with E-state index in [2.05, 4.69) is 10.3 Å². The molecule has 1 fully saturated rings. The smallest absolute Gasteiger partial charge is 0.223 e. The zero-order valence-electron chi connectivity index (χ0n) is 14.3. The highest BCUT2D eigenvalue weighted by Crippen LogP contribution is 2.25. The number of pyridine rings is 1. The lowest BCUT2D eigenvalue weighted by Gasteiger charge is -2.11. The Kier molecular flexibility index (Phi) is 5.50. The average Bonchev–Trinajstić information content (AvgIpc) is 3.07. The number of benzene rings is 1. The molecule has 1 aromatic carbocycles. The van der Waals surface area contributed by atoms with Crippen LogP contribution < -0.4 is 20.5 Å². The first-order valence-electron chi connectivity index (χ1n) is 8.44. The van der Waals surface area contributed by atoms with Gasteiger partial charge in [-0.3, -0.25) is 4.79 Å². The highest BCUT2D eigenvalue weighted by molar-refractivity contribution is 5.79. The summed E-state index contributed by atoms with van der Waals surface area (Å²) in [5.74, 6) is 1.99. The van der Waals surface area contributed by atoms with E-state index in [9.17, 15) is 4.79 Å². The topological polar surface area (TPSA) is 86.5 Å². The van der Waals surface area contributed by atoms with Gasteiger partial charge in [0.05, 0.1) is 7.11 Å². The molecule has 1 saturated carbocycles. The van der Waals surface area contributed by atoms with E-state index in [4.69, 9.17) is 15.2 Å². The van der Waals surface area contributed by atoms with E-state index in [1.807, 2.05) is 24.3 Å². The highest BCUT2D eigenvalue weighted by Gasteiger charge is 2.27. The van der Waals surface area contributed by atoms with Gasteiger partial charge in [0, 0.05) is 36.8 Å². The standard InChI is InChI=1S/C19H23N3O3/c1-24-16-3-2-4-17(10-16)25-18-8-5-13(11-21-18)12-22-19(23)14-6-7-15(20)9-14/h2-5,8,10-11,14-15H,6-7,9,12,20H2,1H3,(H,22,23). The van der Waals surface area contributed by atoms with Crippen LogP contribution in [0.1, 0.15) is 24.8 Å². The number of nitrogens with two attached hydrogens (primary N) is 1. The fourth-order valence-corrected chi connectivity index (χ4v) is 2.95. The fraction of sp³-hybridized carbons (Fsp3) is 0.368. The third-order valence-electron chi connectivity index (χ3n) is 4.37. The van der Waals surface area contributed by atoms with Gasteiger partial charge < -0.3 is 20.5 Å². The Morgan fingerprint density at radius 1 is 1.28 bits per heavy atom. The van der Waals surface area contributed by atoms with Crippen LogP contribution in [0.2, 0.25) is 0 Å². The van der Waals surface area contributed by atoms with Crippen LogP contribution in [-0.2, 0) is 11.3 Å². The van der Waals surface area contributed by atoms with Gasteiger partial charge >= 0.3 is 0 Å². The summed E-state index contributed by atoms with van der Waals surface area (Å²) in [5.41, 5.74) is 6.78. The number of carbonyl (C=O) groups excluding carboxylic acids is 1. The molecule has 0 aliphatic heterocycles. The zero-order chi connectivity index (χ0) is 17.6. The van der Waals surface area contributed by atoms with Crippen molar-refractivity contribution in [3.05, 3.63) is 48.2 Å². The number of hydrogen-bond donors (Lipinski definition) is 2. The van der Waals surface area contributed by atoms with Gasteiger partial charge in [0.1, 0.15) is 11.5 Å². The number of nitrogens with one attached hydrogen (secondary N) is 1. The van der Waals surface area contributed by atoms with E-state index in [1.165, 1.54) is 0 Å². The number of amides is 1. The summed E-state index contributed by atoms with van der Waals surface area (Å²) in [6, 6.07) is 11.2. The van der Waals surface area contributed by atoms with Crippen LogP contribution in [0, 0.1) is 5.92 Å². The number of rotatable bonds is 6. The van der Waals surface area contributed by atoms with Crippen LogP contribution in [0.15, 0.2) is 42.6 Å². The molecular formula is C19H23N3O3. The summed E-state index contributed by atoms with van der Waals surface area (Å²) in [7, 11) is 1.61. The van der Waals surface area contributed by atoms with Crippen molar-refractivity contribution in [1.82, 2.24) is 10.3 Å². The molecule has 1 amide bonds. The molecule has 0 radical (unpaired) electrons. The molecule has 132 valence electrons. The largest absolute Gasteiger partial charge is 0.497 e. The maximum atomic E-state index is 12.1. The SMILES string of the molecule is COc1cccc(Oc2ccc(CNC(=O)C3CCC(N)C3)cn2)c1. The lowest BCUT2D eigenvalue weighted by molar-refractivity contribution is -0.125. The lowest BCUT2D eigenvalue weighted by atomic mass is 10.1. The number of methoxy groups -OCH3 is 1. The number of carbonyl (C=O) groups is 1. The lowest BCUT2D eigenvalue weighted by Crippen LogP contribution is -2.30. The molecule has 25 heavy (non-hydrogen) atoms.